The molecular weight excluding hydrogens is 363 g/mol. The van der Waals surface area contributed by atoms with Crippen LogP contribution in [-0.2, 0) is 21.0 Å². The van der Waals surface area contributed by atoms with Crippen LogP contribution in [-0.4, -0.2) is 48.2 Å². The van der Waals surface area contributed by atoms with Crippen LogP contribution in [0.1, 0.15) is 25.3 Å². The van der Waals surface area contributed by atoms with Gasteiger partial charge in [0.25, 0.3) is 0 Å². The lowest BCUT2D eigenvalue weighted by Gasteiger charge is -2.32. The topological polar surface area (TPSA) is 83.9 Å². The average molecular weight is 381 g/mol. The first-order valence-corrected chi connectivity index (χ1v) is 9.08. The predicted molar refractivity (Wildman–Crippen MR) is 82.7 cm³/mol. The van der Waals surface area contributed by atoms with Gasteiger partial charge < -0.3 is 9.84 Å². The number of carbonyl (C=O) groups is 1. The number of aliphatic carboxylic acids is 1. The van der Waals surface area contributed by atoms with Crippen LogP contribution in [0.3, 0.4) is 0 Å². The molecule has 1 aromatic carbocycles. The van der Waals surface area contributed by atoms with Gasteiger partial charge in [0, 0.05) is 13.1 Å². The molecule has 0 bridgehead atoms. The Balaban J connectivity index is 1.94. The van der Waals surface area contributed by atoms with Gasteiger partial charge in [0.05, 0.1) is 5.56 Å². The third kappa shape index (κ3) is 4.63. The van der Waals surface area contributed by atoms with E-state index in [9.17, 15) is 26.4 Å². The van der Waals surface area contributed by atoms with Crippen molar-refractivity contribution in [1.82, 2.24) is 4.31 Å². The normalized spacial score (nSPS) is 18.7. The van der Waals surface area contributed by atoms with E-state index < -0.39 is 33.0 Å². The molecule has 1 aliphatic rings. The Morgan fingerprint density at radius 2 is 1.76 bits per heavy atom. The van der Waals surface area contributed by atoms with Gasteiger partial charge in [0.1, 0.15) is 11.9 Å². The number of alkyl halides is 3. The second-order valence-corrected chi connectivity index (χ2v) is 8.02. The molecule has 0 saturated carbocycles. The van der Waals surface area contributed by atoms with Crippen LogP contribution >= 0.6 is 0 Å². The Hall–Kier alpha value is -1.81. The first-order valence-electron chi connectivity index (χ1n) is 7.57. The number of halogens is 3. The van der Waals surface area contributed by atoms with Crippen molar-refractivity contribution in [2.45, 2.75) is 37.3 Å². The molecule has 0 aromatic heterocycles. The van der Waals surface area contributed by atoms with Crippen molar-refractivity contribution in [1.29, 1.82) is 0 Å². The third-order valence-corrected chi connectivity index (χ3v) is 6.22. The zero-order valence-corrected chi connectivity index (χ0v) is 14.2. The maximum absolute atomic E-state index is 12.5. The smallest absolute Gasteiger partial charge is 0.416 e. The van der Waals surface area contributed by atoms with Gasteiger partial charge in [0.15, 0.2) is 5.25 Å². The highest BCUT2D eigenvalue weighted by Gasteiger charge is 2.36. The van der Waals surface area contributed by atoms with Crippen molar-refractivity contribution >= 4 is 16.0 Å². The summed E-state index contributed by atoms with van der Waals surface area (Å²) in [5.74, 6) is -1.14. The molecule has 1 N–H and O–H groups in total. The molecule has 0 amide bonds. The minimum atomic E-state index is -4.42. The molecule has 2 rings (SSSR count). The van der Waals surface area contributed by atoms with E-state index >= 15 is 0 Å². The minimum absolute atomic E-state index is 0.102. The van der Waals surface area contributed by atoms with Crippen LogP contribution in [0.4, 0.5) is 13.2 Å². The number of carboxylic acid groups (broad SMARTS) is 1. The van der Waals surface area contributed by atoms with Gasteiger partial charge in [0.2, 0.25) is 10.0 Å². The molecule has 0 radical (unpaired) electrons. The van der Waals surface area contributed by atoms with Crippen LogP contribution in [0, 0.1) is 0 Å². The summed E-state index contributed by atoms with van der Waals surface area (Å²) in [7, 11) is -3.93. The third-order valence-electron chi connectivity index (χ3n) is 4.04. The van der Waals surface area contributed by atoms with E-state index in [1.165, 1.54) is 12.1 Å². The molecule has 1 unspecified atom stereocenters. The molecule has 6 nitrogen and oxygen atoms in total. The number of rotatable bonds is 5. The van der Waals surface area contributed by atoms with Gasteiger partial charge in [-0.1, -0.05) is 0 Å². The van der Waals surface area contributed by atoms with E-state index in [-0.39, 0.29) is 24.9 Å². The first-order chi connectivity index (χ1) is 11.5. The molecule has 1 fully saturated rings. The van der Waals surface area contributed by atoms with Crippen LogP contribution < -0.4 is 4.74 Å². The lowest BCUT2D eigenvalue weighted by molar-refractivity contribution is -0.138. The zero-order valence-electron chi connectivity index (χ0n) is 13.4. The van der Waals surface area contributed by atoms with E-state index in [1.807, 2.05) is 0 Å². The Morgan fingerprint density at radius 3 is 2.20 bits per heavy atom. The Kier molecular flexibility index (Phi) is 5.62. The average Bonchev–Trinajstić information content (AvgIpc) is 2.54. The van der Waals surface area contributed by atoms with Crippen LogP contribution in [0.5, 0.6) is 5.75 Å². The van der Waals surface area contributed by atoms with Gasteiger partial charge in [-0.15, -0.1) is 0 Å². The van der Waals surface area contributed by atoms with E-state index in [4.69, 9.17) is 9.84 Å². The molecule has 25 heavy (non-hydrogen) atoms. The first kappa shape index (κ1) is 19.5. The fraction of sp³-hybridized carbons (Fsp3) is 0.533. The monoisotopic (exact) mass is 381 g/mol. The number of benzene rings is 1. The number of carboxylic acids is 1. The largest absolute Gasteiger partial charge is 0.490 e. The summed E-state index contributed by atoms with van der Waals surface area (Å²) in [6.07, 6.45) is -4.11. The van der Waals surface area contributed by atoms with Crippen molar-refractivity contribution in [3.05, 3.63) is 29.8 Å². The molecule has 1 atom stereocenters. The quantitative estimate of drug-likeness (QED) is 0.847. The molecule has 0 aliphatic carbocycles. The molecule has 10 heteroatoms. The summed E-state index contributed by atoms with van der Waals surface area (Å²) >= 11 is 0. The summed E-state index contributed by atoms with van der Waals surface area (Å²) in [6.45, 7) is 1.32. The highest BCUT2D eigenvalue weighted by molar-refractivity contribution is 7.90. The van der Waals surface area contributed by atoms with E-state index in [1.54, 1.807) is 0 Å². The van der Waals surface area contributed by atoms with Gasteiger partial charge in [-0.2, -0.15) is 13.2 Å². The second kappa shape index (κ2) is 7.20. The summed E-state index contributed by atoms with van der Waals surface area (Å²) in [4.78, 5) is 10.9. The van der Waals surface area contributed by atoms with E-state index in [2.05, 4.69) is 0 Å². The van der Waals surface area contributed by atoms with Crippen LogP contribution in [0.15, 0.2) is 24.3 Å². The standard InChI is InChI=1S/C15H18F3NO5S/c1-10(14(20)21)25(22,23)19-8-6-13(7-9-19)24-12-4-2-11(3-5-12)15(16,17)18/h2-5,10,13H,6-9H2,1H3,(H,20,21). The molecule has 1 aliphatic heterocycles. The summed E-state index contributed by atoms with van der Waals surface area (Å²) in [6, 6.07) is 4.28. The van der Waals surface area contributed by atoms with Gasteiger partial charge in [-0.3, -0.25) is 4.79 Å². The van der Waals surface area contributed by atoms with Crippen molar-refractivity contribution < 1.29 is 36.2 Å². The van der Waals surface area contributed by atoms with Gasteiger partial charge in [-0.05, 0) is 44.0 Å². The maximum atomic E-state index is 12.5. The number of hydrogen-bond acceptors (Lipinski definition) is 4. The molecular formula is C15H18F3NO5S. The lowest BCUT2D eigenvalue weighted by Crippen LogP contribution is -2.46. The number of ether oxygens (including phenoxy) is 1. The van der Waals surface area contributed by atoms with Gasteiger partial charge >= 0.3 is 12.1 Å². The summed E-state index contributed by atoms with van der Waals surface area (Å²) < 4.78 is 68.5. The Labute approximate surface area is 143 Å². The fourth-order valence-corrected chi connectivity index (χ4v) is 3.89. The molecule has 1 heterocycles. The highest BCUT2D eigenvalue weighted by Crippen LogP contribution is 2.31. The lowest BCUT2D eigenvalue weighted by atomic mass is 10.1. The molecule has 0 spiro atoms. The number of sulfonamides is 1. The summed E-state index contributed by atoms with van der Waals surface area (Å²) in [5.41, 5.74) is -0.775. The van der Waals surface area contributed by atoms with E-state index in [0.29, 0.717) is 12.8 Å². The highest BCUT2D eigenvalue weighted by atomic mass is 32.2. The maximum Gasteiger partial charge on any atom is 0.416 e. The molecule has 140 valence electrons. The Bertz CT molecular complexity index is 710. The second-order valence-electron chi connectivity index (χ2n) is 5.76. The number of nitrogens with zero attached hydrogens (tertiary/aromatic N) is 1. The molecule has 1 saturated heterocycles. The number of hydrogen-bond donors (Lipinski definition) is 1. The van der Waals surface area contributed by atoms with Crippen molar-refractivity contribution in [3.63, 3.8) is 0 Å². The minimum Gasteiger partial charge on any atom is -0.490 e. The predicted octanol–water partition coefficient (Wildman–Crippen LogP) is 2.35. The number of piperidine rings is 1. The SMILES string of the molecule is CC(C(=O)O)S(=O)(=O)N1CCC(Oc2ccc(C(F)(F)F)cc2)CC1. The van der Waals surface area contributed by atoms with Crippen LogP contribution in [0.2, 0.25) is 0 Å². The van der Waals surface area contributed by atoms with Crippen molar-refractivity contribution in [2.75, 3.05) is 13.1 Å². The van der Waals surface area contributed by atoms with E-state index in [0.717, 1.165) is 23.4 Å². The van der Waals surface area contributed by atoms with Crippen molar-refractivity contribution in [3.8, 4) is 5.75 Å². The van der Waals surface area contributed by atoms with Crippen molar-refractivity contribution in [2.24, 2.45) is 0 Å². The van der Waals surface area contributed by atoms with Gasteiger partial charge in [-0.25, -0.2) is 12.7 Å². The fourth-order valence-electron chi connectivity index (χ4n) is 2.47. The van der Waals surface area contributed by atoms with Crippen LogP contribution in [0.25, 0.3) is 0 Å². The molecule has 1 aromatic rings. The zero-order chi connectivity index (χ0) is 18.8. The summed E-state index contributed by atoms with van der Waals surface area (Å²) in [5, 5.41) is 7.34. The Morgan fingerprint density at radius 1 is 1.24 bits per heavy atom.